The van der Waals surface area contributed by atoms with E-state index in [0.717, 1.165) is 29.0 Å². The molecule has 2 atom stereocenters. The van der Waals surface area contributed by atoms with Crippen LogP contribution >= 0.6 is 11.3 Å². The summed E-state index contributed by atoms with van der Waals surface area (Å²) in [6.07, 6.45) is 1.92. The summed E-state index contributed by atoms with van der Waals surface area (Å²) < 4.78 is 0. The second-order valence-corrected chi connectivity index (χ2v) is 7.14. The standard InChI is InChI=1S/C18H22N2O2S/c1-12-5-3-4-6-15(12)17-19-16(11-23-17)18(22)20-9-14(10-21)8-7-13(20)2/h3-6,11,13-14,21H,7-10H2,1-2H3. The normalized spacial score (nSPS) is 21.4. The molecule has 4 nitrogen and oxygen atoms in total. The van der Waals surface area contributed by atoms with Gasteiger partial charge in [-0.1, -0.05) is 24.3 Å². The van der Waals surface area contributed by atoms with Crippen LogP contribution in [0.2, 0.25) is 0 Å². The molecule has 1 saturated heterocycles. The molecule has 1 amide bonds. The average Bonchev–Trinajstić information content (AvgIpc) is 3.05. The first-order valence-corrected chi connectivity index (χ1v) is 8.91. The van der Waals surface area contributed by atoms with Gasteiger partial charge in [0.05, 0.1) is 0 Å². The summed E-state index contributed by atoms with van der Waals surface area (Å²) in [4.78, 5) is 19.2. The molecule has 2 aromatic rings. The highest BCUT2D eigenvalue weighted by Gasteiger charge is 2.30. The molecule has 1 aromatic heterocycles. The highest BCUT2D eigenvalue weighted by Crippen LogP contribution is 2.28. The number of aliphatic hydroxyl groups excluding tert-OH is 1. The van der Waals surface area contributed by atoms with E-state index in [-0.39, 0.29) is 24.5 Å². The van der Waals surface area contributed by atoms with Crippen LogP contribution < -0.4 is 0 Å². The number of aliphatic hydroxyl groups is 1. The van der Waals surface area contributed by atoms with Crippen LogP contribution in [0.15, 0.2) is 29.6 Å². The van der Waals surface area contributed by atoms with Crippen molar-refractivity contribution < 1.29 is 9.90 Å². The van der Waals surface area contributed by atoms with E-state index in [1.807, 2.05) is 28.5 Å². The van der Waals surface area contributed by atoms with Crippen LogP contribution in [-0.2, 0) is 0 Å². The number of amides is 1. The second kappa shape index (κ2) is 6.81. The average molecular weight is 330 g/mol. The summed E-state index contributed by atoms with van der Waals surface area (Å²) >= 11 is 1.51. The lowest BCUT2D eigenvalue weighted by Gasteiger charge is -2.37. The van der Waals surface area contributed by atoms with Crippen molar-refractivity contribution >= 4 is 17.2 Å². The molecule has 23 heavy (non-hydrogen) atoms. The molecule has 0 spiro atoms. The summed E-state index contributed by atoms with van der Waals surface area (Å²) in [6, 6.07) is 8.28. The number of likely N-dealkylation sites (tertiary alicyclic amines) is 1. The second-order valence-electron chi connectivity index (χ2n) is 6.29. The Kier molecular flexibility index (Phi) is 4.78. The first-order chi connectivity index (χ1) is 11.1. The number of aromatic nitrogens is 1. The Hall–Kier alpha value is -1.72. The van der Waals surface area contributed by atoms with E-state index in [1.54, 1.807) is 0 Å². The topological polar surface area (TPSA) is 53.4 Å². The van der Waals surface area contributed by atoms with Gasteiger partial charge in [-0.05, 0) is 38.2 Å². The van der Waals surface area contributed by atoms with Crippen molar-refractivity contribution in [2.24, 2.45) is 5.92 Å². The maximum absolute atomic E-state index is 12.8. The van der Waals surface area contributed by atoms with E-state index in [4.69, 9.17) is 0 Å². The first-order valence-electron chi connectivity index (χ1n) is 8.03. The van der Waals surface area contributed by atoms with Crippen molar-refractivity contribution in [2.45, 2.75) is 32.7 Å². The predicted molar refractivity (Wildman–Crippen MR) is 92.6 cm³/mol. The lowest BCUT2D eigenvalue weighted by molar-refractivity contribution is 0.0484. The number of thiazole rings is 1. The zero-order valence-electron chi connectivity index (χ0n) is 13.5. The van der Waals surface area contributed by atoms with Crippen LogP contribution in [0.3, 0.4) is 0 Å². The third kappa shape index (κ3) is 3.31. The molecule has 1 aliphatic rings. The monoisotopic (exact) mass is 330 g/mol. The van der Waals surface area contributed by atoms with Gasteiger partial charge in [-0.25, -0.2) is 4.98 Å². The number of piperidine rings is 1. The summed E-state index contributed by atoms with van der Waals surface area (Å²) in [6.45, 7) is 4.88. The van der Waals surface area contributed by atoms with Gasteiger partial charge in [0.15, 0.2) is 0 Å². The maximum Gasteiger partial charge on any atom is 0.273 e. The Labute approximate surface area is 140 Å². The Morgan fingerprint density at radius 2 is 2.17 bits per heavy atom. The largest absolute Gasteiger partial charge is 0.396 e. The molecule has 2 unspecified atom stereocenters. The van der Waals surface area contributed by atoms with E-state index >= 15 is 0 Å². The summed E-state index contributed by atoms with van der Waals surface area (Å²) in [5, 5.41) is 12.1. The summed E-state index contributed by atoms with van der Waals surface area (Å²) in [5.74, 6) is 0.163. The lowest BCUT2D eigenvalue weighted by atomic mass is 9.94. The number of aryl methyl sites for hydroxylation is 1. The molecular formula is C18H22N2O2S. The number of hydrogen-bond donors (Lipinski definition) is 1. The molecule has 1 aromatic carbocycles. The van der Waals surface area contributed by atoms with Gasteiger partial charge < -0.3 is 10.0 Å². The molecule has 122 valence electrons. The van der Waals surface area contributed by atoms with Crippen molar-refractivity contribution in [2.75, 3.05) is 13.2 Å². The van der Waals surface area contributed by atoms with Crippen molar-refractivity contribution in [1.29, 1.82) is 0 Å². The highest BCUT2D eigenvalue weighted by molar-refractivity contribution is 7.13. The van der Waals surface area contributed by atoms with Crippen LogP contribution in [0.25, 0.3) is 10.6 Å². The number of carbonyl (C=O) groups is 1. The van der Waals surface area contributed by atoms with E-state index in [1.165, 1.54) is 11.3 Å². The Bertz CT molecular complexity index is 698. The van der Waals surface area contributed by atoms with Gasteiger partial charge in [-0.2, -0.15) is 0 Å². The minimum atomic E-state index is -0.0215. The zero-order chi connectivity index (χ0) is 16.4. The van der Waals surface area contributed by atoms with Gasteiger partial charge in [0, 0.05) is 30.1 Å². The molecule has 2 heterocycles. The number of rotatable bonds is 3. The molecule has 0 aliphatic carbocycles. The molecule has 0 bridgehead atoms. The van der Waals surface area contributed by atoms with E-state index < -0.39 is 0 Å². The molecule has 0 saturated carbocycles. The third-order valence-electron chi connectivity index (χ3n) is 4.60. The summed E-state index contributed by atoms with van der Waals surface area (Å²) in [7, 11) is 0. The molecule has 1 N–H and O–H groups in total. The van der Waals surface area contributed by atoms with Crippen LogP contribution in [0.5, 0.6) is 0 Å². The van der Waals surface area contributed by atoms with Crippen molar-refractivity contribution in [1.82, 2.24) is 9.88 Å². The summed E-state index contributed by atoms with van der Waals surface area (Å²) in [5.41, 5.74) is 2.75. The molecule has 3 rings (SSSR count). The first kappa shape index (κ1) is 16.1. The quantitative estimate of drug-likeness (QED) is 0.939. The van der Waals surface area contributed by atoms with Crippen molar-refractivity contribution in [3.8, 4) is 10.6 Å². The van der Waals surface area contributed by atoms with Crippen LogP contribution in [-0.4, -0.2) is 40.1 Å². The van der Waals surface area contributed by atoms with E-state index in [2.05, 4.69) is 24.9 Å². The Morgan fingerprint density at radius 1 is 1.39 bits per heavy atom. The SMILES string of the molecule is Cc1ccccc1-c1nc(C(=O)N2CC(CO)CCC2C)cs1. The van der Waals surface area contributed by atoms with E-state index in [0.29, 0.717) is 12.2 Å². The molecule has 5 heteroatoms. The van der Waals surface area contributed by atoms with Crippen LogP contribution in [0.1, 0.15) is 35.8 Å². The molecular weight excluding hydrogens is 308 g/mol. The minimum Gasteiger partial charge on any atom is -0.396 e. The number of hydrogen-bond acceptors (Lipinski definition) is 4. The van der Waals surface area contributed by atoms with E-state index in [9.17, 15) is 9.90 Å². The Morgan fingerprint density at radius 3 is 2.91 bits per heavy atom. The smallest absolute Gasteiger partial charge is 0.273 e. The van der Waals surface area contributed by atoms with Gasteiger partial charge in [0.2, 0.25) is 0 Å². The molecule has 1 fully saturated rings. The van der Waals surface area contributed by atoms with Gasteiger partial charge in [0.1, 0.15) is 10.7 Å². The van der Waals surface area contributed by atoms with Gasteiger partial charge >= 0.3 is 0 Å². The number of carbonyl (C=O) groups excluding carboxylic acids is 1. The lowest BCUT2D eigenvalue weighted by Crippen LogP contribution is -2.46. The van der Waals surface area contributed by atoms with Gasteiger partial charge in [-0.15, -0.1) is 11.3 Å². The van der Waals surface area contributed by atoms with Crippen molar-refractivity contribution in [3.63, 3.8) is 0 Å². The fourth-order valence-electron chi connectivity index (χ4n) is 3.07. The Balaban J connectivity index is 1.82. The number of nitrogens with zero attached hydrogens (tertiary/aromatic N) is 2. The number of benzene rings is 1. The molecule has 1 aliphatic heterocycles. The highest BCUT2D eigenvalue weighted by atomic mass is 32.1. The van der Waals surface area contributed by atoms with Gasteiger partial charge in [0.25, 0.3) is 5.91 Å². The van der Waals surface area contributed by atoms with Crippen LogP contribution in [0.4, 0.5) is 0 Å². The minimum absolute atomic E-state index is 0.0215. The third-order valence-corrected chi connectivity index (χ3v) is 5.47. The zero-order valence-corrected chi connectivity index (χ0v) is 14.3. The predicted octanol–water partition coefficient (Wildman–Crippen LogP) is 3.35. The molecule has 0 radical (unpaired) electrons. The fourth-order valence-corrected chi connectivity index (χ4v) is 3.95. The fraction of sp³-hybridized carbons (Fsp3) is 0.444. The maximum atomic E-state index is 12.8. The van der Waals surface area contributed by atoms with Crippen molar-refractivity contribution in [3.05, 3.63) is 40.9 Å². The van der Waals surface area contributed by atoms with Crippen LogP contribution in [0, 0.1) is 12.8 Å². The van der Waals surface area contributed by atoms with Gasteiger partial charge in [-0.3, -0.25) is 4.79 Å².